The highest BCUT2D eigenvalue weighted by Gasteiger charge is 2.44. The molecule has 0 radical (unpaired) electrons. The highest BCUT2D eigenvalue weighted by atomic mass is 28.4. The summed E-state index contributed by atoms with van der Waals surface area (Å²) in [5.41, 5.74) is 0. The number of unbranched alkanes of at least 4 members (excludes halogenated alkanes) is 4. The van der Waals surface area contributed by atoms with Crippen molar-refractivity contribution in [3.63, 3.8) is 0 Å². The van der Waals surface area contributed by atoms with E-state index in [-0.39, 0.29) is 39.5 Å². The van der Waals surface area contributed by atoms with Crippen molar-refractivity contribution in [2.45, 2.75) is 212 Å². The van der Waals surface area contributed by atoms with Gasteiger partial charge in [-0.15, -0.1) is 6.58 Å². The van der Waals surface area contributed by atoms with E-state index in [0.717, 1.165) is 19.3 Å². The number of carbonyl (C=O) groups excluding carboxylic acids is 1. The summed E-state index contributed by atoms with van der Waals surface area (Å²) < 4.78 is 27.5. The van der Waals surface area contributed by atoms with Crippen LogP contribution in [-0.4, -0.2) is 55.3 Å². The average Bonchev–Trinajstić information content (AvgIpc) is 2.85. The molecule has 0 amide bonds. The van der Waals surface area contributed by atoms with Crippen molar-refractivity contribution >= 4 is 30.9 Å². The average molecular weight is 699 g/mol. The van der Waals surface area contributed by atoms with Gasteiger partial charge in [-0.25, -0.2) is 4.79 Å². The first-order valence-electron chi connectivity index (χ1n) is 18.2. The monoisotopic (exact) mass is 699 g/mol. The van der Waals surface area contributed by atoms with Gasteiger partial charge in [0.2, 0.25) is 0 Å². The standard InChI is InChI=1S/C38H78O5Si3/c1-19-22-23-24-25-27-32(41-44(13,14)36(4,5)6)29-34(43-46(17,18)38(10,11)12)30-33(42-45(15,16)37(7,8)9)28-31(26-20-2)40-35(39)21-3/h20-21,31-34H,2-3,19,22-30H2,1,4-18H3/t31-,32+,33-,34+/m0/s1. The minimum Gasteiger partial charge on any atom is -0.459 e. The molecule has 0 aromatic rings. The van der Waals surface area contributed by atoms with Gasteiger partial charge in [0.15, 0.2) is 25.0 Å². The van der Waals surface area contributed by atoms with E-state index in [1.807, 2.05) is 6.08 Å². The minimum atomic E-state index is -2.16. The van der Waals surface area contributed by atoms with Crippen LogP contribution in [0, 0.1) is 0 Å². The fourth-order valence-electron chi connectivity index (χ4n) is 4.84. The summed E-state index contributed by atoms with van der Waals surface area (Å²) in [4.78, 5) is 12.3. The second-order valence-corrected chi connectivity index (χ2v) is 32.5. The maximum absolute atomic E-state index is 12.3. The molecular weight excluding hydrogens is 621 g/mol. The highest BCUT2D eigenvalue weighted by molar-refractivity contribution is 6.75. The first-order valence-corrected chi connectivity index (χ1v) is 26.9. The molecule has 0 aromatic heterocycles. The number of carbonyl (C=O) groups is 1. The number of rotatable bonds is 22. The molecule has 0 saturated carbocycles. The van der Waals surface area contributed by atoms with Crippen LogP contribution in [0.1, 0.15) is 133 Å². The molecular formula is C38H78O5Si3. The lowest BCUT2D eigenvalue weighted by Crippen LogP contribution is -2.49. The van der Waals surface area contributed by atoms with Crippen molar-refractivity contribution < 1.29 is 22.8 Å². The Hall–Kier alpha value is -0.519. The summed E-state index contributed by atoms with van der Waals surface area (Å²) in [6.45, 7) is 44.7. The zero-order chi connectivity index (χ0) is 36.2. The van der Waals surface area contributed by atoms with Gasteiger partial charge in [0.25, 0.3) is 0 Å². The zero-order valence-electron chi connectivity index (χ0n) is 33.5. The van der Waals surface area contributed by atoms with Crippen molar-refractivity contribution in [2.24, 2.45) is 0 Å². The summed E-state index contributed by atoms with van der Waals surface area (Å²) >= 11 is 0. The Kier molecular flexibility index (Phi) is 18.8. The largest absolute Gasteiger partial charge is 0.459 e. The molecule has 0 heterocycles. The molecule has 5 nitrogen and oxygen atoms in total. The normalized spacial score (nSPS) is 16.4. The maximum atomic E-state index is 12.3. The van der Waals surface area contributed by atoms with Crippen LogP contribution in [0.5, 0.6) is 0 Å². The highest BCUT2D eigenvalue weighted by Crippen LogP contribution is 2.42. The predicted molar refractivity (Wildman–Crippen MR) is 208 cm³/mol. The van der Waals surface area contributed by atoms with E-state index in [2.05, 4.69) is 122 Å². The summed E-state index contributed by atoms with van der Waals surface area (Å²) in [7, 11) is -6.31. The Balaban J connectivity index is 6.76. The Morgan fingerprint density at radius 3 is 1.35 bits per heavy atom. The van der Waals surface area contributed by atoms with Crippen molar-refractivity contribution in [2.75, 3.05) is 0 Å². The predicted octanol–water partition coefficient (Wildman–Crippen LogP) is 12.4. The molecule has 0 rings (SSSR count). The smallest absolute Gasteiger partial charge is 0.330 e. The molecule has 0 unspecified atom stereocenters. The van der Waals surface area contributed by atoms with Gasteiger partial charge in [0.05, 0.1) is 6.10 Å². The van der Waals surface area contributed by atoms with Gasteiger partial charge < -0.3 is 18.0 Å². The molecule has 0 aliphatic heterocycles. The Bertz CT molecular complexity index is 909. The van der Waals surface area contributed by atoms with Crippen molar-refractivity contribution in [3.05, 3.63) is 25.3 Å². The van der Waals surface area contributed by atoms with E-state index in [4.69, 9.17) is 18.0 Å². The fraction of sp³-hybridized carbons (Fsp3) is 0.868. The molecule has 0 spiro atoms. The van der Waals surface area contributed by atoms with E-state index in [1.165, 1.54) is 38.2 Å². The van der Waals surface area contributed by atoms with Gasteiger partial charge in [-0.3, -0.25) is 0 Å². The third-order valence-corrected chi connectivity index (χ3v) is 24.5. The summed E-state index contributed by atoms with van der Waals surface area (Å²) in [5, 5.41) is 0.241. The van der Waals surface area contributed by atoms with Crippen LogP contribution in [0.4, 0.5) is 0 Å². The molecule has 0 bridgehead atoms. The number of ether oxygens (including phenoxy) is 1. The van der Waals surface area contributed by atoms with Crippen LogP contribution in [0.3, 0.4) is 0 Å². The van der Waals surface area contributed by atoms with Crippen LogP contribution in [0.25, 0.3) is 0 Å². The molecule has 0 aliphatic rings. The van der Waals surface area contributed by atoms with Gasteiger partial charge in [0.1, 0.15) is 6.10 Å². The zero-order valence-corrected chi connectivity index (χ0v) is 36.5. The number of hydrogen-bond acceptors (Lipinski definition) is 5. The quantitative estimate of drug-likeness (QED) is 0.0370. The Morgan fingerprint density at radius 2 is 0.978 bits per heavy atom. The second kappa shape index (κ2) is 19.0. The first kappa shape index (κ1) is 45.5. The van der Waals surface area contributed by atoms with Crippen LogP contribution in [-0.2, 0) is 22.8 Å². The van der Waals surface area contributed by atoms with Crippen molar-refractivity contribution in [3.8, 4) is 0 Å². The van der Waals surface area contributed by atoms with Gasteiger partial charge in [-0.1, -0.05) is 114 Å². The molecule has 272 valence electrons. The Morgan fingerprint density at radius 1 is 0.609 bits per heavy atom. The lowest BCUT2D eigenvalue weighted by molar-refractivity contribution is -0.144. The van der Waals surface area contributed by atoms with E-state index < -0.39 is 30.9 Å². The molecule has 0 fully saturated rings. The third-order valence-electron chi connectivity index (χ3n) is 10.9. The van der Waals surface area contributed by atoms with E-state index >= 15 is 0 Å². The molecule has 0 saturated heterocycles. The van der Waals surface area contributed by atoms with Crippen LogP contribution in [0.2, 0.25) is 54.4 Å². The van der Waals surface area contributed by atoms with Crippen molar-refractivity contribution in [1.82, 2.24) is 0 Å². The molecule has 46 heavy (non-hydrogen) atoms. The van der Waals surface area contributed by atoms with Crippen molar-refractivity contribution in [1.29, 1.82) is 0 Å². The molecule has 0 aliphatic carbocycles. The lowest BCUT2D eigenvalue weighted by Gasteiger charge is -2.44. The van der Waals surface area contributed by atoms with E-state index in [0.29, 0.717) is 12.8 Å². The van der Waals surface area contributed by atoms with Crippen LogP contribution < -0.4 is 0 Å². The van der Waals surface area contributed by atoms with Gasteiger partial charge in [-0.2, -0.15) is 0 Å². The fourth-order valence-corrected chi connectivity index (χ4v) is 9.00. The van der Waals surface area contributed by atoms with E-state index in [9.17, 15) is 4.79 Å². The number of hydrogen-bond donors (Lipinski definition) is 0. The third kappa shape index (κ3) is 16.3. The van der Waals surface area contributed by atoms with Crippen LogP contribution >= 0.6 is 0 Å². The first-order chi connectivity index (χ1) is 20.7. The molecule has 0 aromatic carbocycles. The van der Waals surface area contributed by atoms with Gasteiger partial charge >= 0.3 is 5.97 Å². The Labute approximate surface area is 290 Å². The summed E-state index contributed by atoms with van der Waals surface area (Å²) in [6, 6.07) is 0. The molecule has 4 atom stereocenters. The topological polar surface area (TPSA) is 54.0 Å². The number of esters is 1. The van der Waals surface area contributed by atoms with Crippen LogP contribution in [0.15, 0.2) is 25.3 Å². The van der Waals surface area contributed by atoms with Gasteiger partial charge in [-0.05, 0) is 73.7 Å². The van der Waals surface area contributed by atoms with E-state index in [1.54, 1.807) is 0 Å². The lowest BCUT2D eigenvalue weighted by atomic mass is 9.98. The minimum absolute atomic E-state index is 0.0273. The second-order valence-electron chi connectivity index (χ2n) is 18.2. The maximum Gasteiger partial charge on any atom is 0.330 e. The summed E-state index contributed by atoms with van der Waals surface area (Å²) in [5.74, 6) is -0.405. The summed E-state index contributed by atoms with van der Waals surface area (Å²) in [6.07, 6.45) is 12.8. The van der Waals surface area contributed by atoms with Gasteiger partial charge in [0, 0.05) is 31.1 Å². The SMILES string of the molecule is C=CC[C@@H](C[C@@H](C[C@@H](C[C@@H](CCCCCCC)O[Si](C)(C)C(C)(C)C)O[Si](C)(C)C(C)(C)C)O[Si](C)(C)C(C)(C)C)OC(=O)C=C. The molecule has 0 N–H and O–H groups in total. The molecule has 8 heteroatoms.